The number of nitrogens with zero attached hydrogens (tertiary/aromatic N) is 4. The van der Waals surface area contributed by atoms with Gasteiger partial charge in [-0.3, -0.25) is 9.69 Å². The molecule has 1 aliphatic carbocycles. The van der Waals surface area contributed by atoms with Crippen molar-refractivity contribution >= 4 is 5.91 Å². The third kappa shape index (κ3) is 3.06. The van der Waals surface area contributed by atoms with Gasteiger partial charge in [-0.1, -0.05) is 12.1 Å². The first-order valence-electron chi connectivity index (χ1n) is 9.87. The predicted octanol–water partition coefficient (Wildman–Crippen LogP) is 3.01. The van der Waals surface area contributed by atoms with E-state index in [0.717, 1.165) is 37.6 Å². The van der Waals surface area contributed by atoms with Crippen molar-refractivity contribution < 1.29 is 9.18 Å². The van der Waals surface area contributed by atoms with E-state index in [1.165, 1.54) is 18.9 Å². The maximum absolute atomic E-state index is 13.8. The van der Waals surface area contributed by atoms with Crippen LogP contribution in [-0.4, -0.2) is 44.9 Å². The number of halogens is 1. The van der Waals surface area contributed by atoms with Crippen LogP contribution in [0.4, 0.5) is 4.39 Å². The smallest absolute Gasteiger partial charge is 0.219 e. The highest BCUT2D eigenvalue weighted by Crippen LogP contribution is 2.45. The largest absolute Gasteiger partial charge is 0.335 e. The molecule has 2 aliphatic heterocycles. The van der Waals surface area contributed by atoms with Crippen molar-refractivity contribution in [3.63, 3.8) is 0 Å². The summed E-state index contributed by atoms with van der Waals surface area (Å²) in [6.45, 7) is 5.13. The van der Waals surface area contributed by atoms with Gasteiger partial charge in [-0.05, 0) is 36.5 Å². The fourth-order valence-corrected chi connectivity index (χ4v) is 5.06. The van der Waals surface area contributed by atoms with E-state index in [2.05, 4.69) is 20.6 Å². The highest BCUT2D eigenvalue weighted by Gasteiger charge is 2.48. The molecule has 2 aromatic rings. The van der Waals surface area contributed by atoms with Crippen LogP contribution >= 0.6 is 0 Å². The highest BCUT2D eigenvalue weighted by atomic mass is 19.1. The molecule has 1 aromatic heterocycles. The van der Waals surface area contributed by atoms with Gasteiger partial charge in [0.05, 0.1) is 12.6 Å². The van der Waals surface area contributed by atoms with Crippen LogP contribution in [0.3, 0.4) is 0 Å². The Kier molecular flexibility index (Phi) is 4.04. The Bertz CT molecular complexity index is 861. The summed E-state index contributed by atoms with van der Waals surface area (Å²) in [6.07, 6.45) is 6.50. The van der Waals surface area contributed by atoms with Gasteiger partial charge in [-0.2, -0.15) is 0 Å². The number of imidazole rings is 1. The molecular formula is C21H25FN4O. The zero-order chi connectivity index (χ0) is 18.5. The van der Waals surface area contributed by atoms with Crippen LogP contribution in [0.5, 0.6) is 0 Å². The lowest BCUT2D eigenvalue weighted by atomic mass is 9.89. The van der Waals surface area contributed by atoms with Gasteiger partial charge in [0.1, 0.15) is 11.6 Å². The Morgan fingerprint density at radius 1 is 1.26 bits per heavy atom. The number of fused-ring (bicyclic) bond motifs is 1. The minimum absolute atomic E-state index is 0.0311. The second-order valence-electron chi connectivity index (χ2n) is 8.27. The highest BCUT2D eigenvalue weighted by molar-refractivity contribution is 5.74. The lowest BCUT2D eigenvalue weighted by Gasteiger charge is -2.29. The summed E-state index contributed by atoms with van der Waals surface area (Å²) < 4.78 is 16.1. The Morgan fingerprint density at radius 2 is 2.11 bits per heavy atom. The Labute approximate surface area is 158 Å². The van der Waals surface area contributed by atoms with E-state index in [9.17, 15) is 9.18 Å². The number of carbonyl (C=O) groups is 1. The van der Waals surface area contributed by atoms with Crippen molar-refractivity contribution in [3.8, 4) is 0 Å². The number of benzene rings is 1. The average Bonchev–Trinajstić information content (AvgIpc) is 3.08. The quantitative estimate of drug-likeness (QED) is 0.833. The molecule has 3 atom stereocenters. The van der Waals surface area contributed by atoms with Crippen LogP contribution in [-0.2, 0) is 11.3 Å². The monoisotopic (exact) mass is 368 g/mol. The van der Waals surface area contributed by atoms with E-state index < -0.39 is 0 Å². The van der Waals surface area contributed by atoms with Crippen LogP contribution < -0.4 is 0 Å². The molecule has 27 heavy (non-hydrogen) atoms. The van der Waals surface area contributed by atoms with Crippen molar-refractivity contribution in [2.24, 2.45) is 11.8 Å². The summed E-state index contributed by atoms with van der Waals surface area (Å²) >= 11 is 0. The molecule has 5 nitrogen and oxygen atoms in total. The van der Waals surface area contributed by atoms with Gasteiger partial charge >= 0.3 is 0 Å². The van der Waals surface area contributed by atoms with E-state index in [4.69, 9.17) is 0 Å². The van der Waals surface area contributed by atoms with Crippen molar-refractivity contribution in [2.75, 3.05) is 19.6 Å². The first kappa shape index (κ1) is 16.9. The molecule has 1 aromatic carbocycles. The summed E-state index contributed by atoms with van der Waals surface area (Å²) in [5, 5.41) is 0. The van der Waals surface area contributed by atoms with Gasteiger partial charge in [0.2, 0.25) is 5.91 Å². The number of aromatic nitrogens is 2. The van der Waals surface area contributed by atoms with Crippen LogP contribution in [0.15, 0.2) is 36.7 Å². The van der Waals surface area contributed by atoms with Gasteiger partial charge in [0.15, 0.2) is 0 Å². The molecule has 0 unspecified atom stereocenters. The van der Waals surface area contributed by atoms with Gasteiger partial charge in [-0.25, -0.2) is 9.37 Å². The number of hydrogen-bond acceptors (Lipinski definition) is 3. The Balaban J connectivity index is 1.36. The molecule has 5 rings (SSSR count). The van der Waals surface area contributed by atoms with E-state index >= 15 is 0 Å². The van der Waals surface area contributed by atoms with Gasteiger partial charge < -0.3 is 9.47 Å². The van der Waals surface area contributed by atoms with Crippen LogP contribution in [0.2, 0.25) is 0 Å². The first-order chi connectivity index (χ1) is 13.1. The van der Waals surface area contributed by atoms with Crippen LogP contribution in [0.1, 0.15) is 43.2 Å². The lowest BCUT2D eigenvalue weighted by Crippen LogP contribution is -2.34. The second-order valence-corrected chi connectivity index (χ2v) is 8.27. The molecule has 142 valence electrons. The predicted molar refractivity (Wildman–Crippen MR) is 99.3 cm³/mol. The Morgan fingerprint density at radius 3 is 2.85 bits per heavy atom. The molecule has 1 amide bonds. The fourth-order valence-electron chi connectivity index (χ4n) is 5.06. The fraction of sp³-hybridized carbons (Fsp3) is 0.524. The van der Waals surface area contributed by atoms with E-state index in [1.54, 1.807) is 19.1 Å². The molecule has 0 spiro atoms. The normalized spacial score (nSPS) is 27.9. The van der Waals surface area contributed by atoms with Crippen LogP contribution in [0.25, 0.3) is 0 Å². The van der Waals surface area contributed by atoms with Crippen LogP contribution in [0, 0.1) is 17.7 Å². The van der Waals surface area contributed by atoms with E-state index in [-0.39, 0.29) is 17.8 Å². The third-order valence-electron chi connectivity index (χ3n) is 6.39. The van der Waals surface area contributed by atoms with Crippen molar-refractivity contribution in [3.05, 3.63) is 53.9 Å². The number of rotatable bonds is 4. The summed E-state index contributed by atoms with van der Waals surface area (Å²) in [4.78, 5) is 21.2. The third-order valence-corrected chi connectivity index (χ3v) is 6.39. The maximum Gasteiger partial charge on any atom is 0.219 e. The minimum atomic E-state index is -0.235. The number of likely N-dealkylation sites (tertiary alicyclic amines) is 2. The van der Waals surface area contributed by atoms with E-state index in [0.29, 0.717) is 17.9 Å². The molecular weight excluding hydrogens is 343 g/mol. The average molecular weight is 368 g/mol. The summed E-state index contributed by atoms with van der Waals surface area (Å²) in [5.41, 5.74) is 0.916. The molecule has 3 heterocycles. The van der Waals surface area contributed by atoms with Gasteiger partial charge in [-0.15, -0.1) is 0 Å². The molecule has 0 N–H and O–H groups in total. The minimum Gasteiger partial charge on any atom is -0.335 e. The SMILES string of the molecule is CC(=O)N1C[C@H]2CN(Cc3nccn3C3CC3)C[C@H]2[C@H]1c1cccc(F)c1. The molecule has 0 bridgehead atoms. The van der Waals surface area contributed by atoms with Crippen molar-refractivity contribution in [1.82, 2.24) is 19.4 Å². The number of carbonyl (C=O) groups excluding carboxylic acids is 1. The molecule has 3 aliphatic rings. The van der Waals surface area contributed by atoms with E-state index in [1.807, 2.05) is 17.2 Å². The Hall–Kier alpha value is -2.21. The van der Waals surface area contributed by atoms with Gasteiger partial charge in [0, 0.05) is 50.9 Å². The van der Waals surface area contributed by atoms with Gasteiger partial charge in [0.25, 0.3) is 0 Å². The first-order valence-corrected chi connectivity index (χ1v) is 9.87. The standard InChI is InChI=1S/C21H25FN4O/c1-14(27)26-11-16-10-24(13-20-23-7-8-25(20)18-5-6-18)12-19(16)21(26)15-3-2-4-17(22)9-15/h2-4,7-9,16,18-19,21H,5-6,10-13H2,1H3/t16-,19-,21-/m1/s1. The molecule has 6 heteroatoms. The maximum atomic E-state index is 13.8. The molecule has 0 radical (unpaired) electrons. The zero-order valence-electron chi connectivity index (χ0n) is 15.6. The summed E-state index contributed by atoms with van der Waals surface area (Å²) in [5.74, 6) is 1.77. The van der Waals surface area contributed by atoms with Crippen molar-refractivity contribution in [2.45, 2.75) is 38.4 Å². The molecule has 2 saturated heterocycles. The summed E-state index contributed by atoms with van der Waals surface area (Å²) in [6, 6.07) is 7.36. The number of hydrogen-bond donors (Lipinski definition) is 0. The summed E-state index contributed by atoms with van der Waals surface area (Å²) in [7, 11) is 0. The zero-order valence-corrected chi connectivity index (χ0v) is 15.6. The topological polar surface area (TPSA) is 41.4 Å². The van der Waals surface area contributed by atoms with Crippen molar-refractivity contribution in [1.29, 1.82) is 0 Å². The number of amides is 1. The second kappa shape index (κ2) is 6.44. The molecule has 3 fully saturated rings. The molecule has 1 saturated carbocycles. The lowest BCUT2D eigenvalue weighted by molar-refractivity contribution is -0.130.